The predicted octanol–water partition coefficient (Wildman–Crippen LogP) is 2.69. The molecule has 0 aliphatic carbocycles. The van der Waals surface area contributed by atoms with E-state index in [2.05, 4.69) is 6.92 Å². The Kier molecular flexibility index (Phi) is 12.8. The van der Waals surface area contributed by atoms with Crippen molar-refractivity contribution in [1.29, 1.82) is 0 Å². The zero-order valence-corrected chi connectivity index (χ0v) is 12.6. The molecule has 0 aromatic rings. The summed E-state index contributed by atoms with van der Waals surface area (Å²) in [5, 5.41) is 8.73. The molecule has 0 saturated carbocycles. The summed E-state index contributed by atoms with van der Waals surface area (Å²) in [4.78, 5) is 10.6. The molecule has 4 radical (unpaired) electrons. The van der Waals surface area contributed by atoms with Crippen LogP contribution < -0.4 is 0 Å². The molecule has 0 aromatic carbocycles. The van der Waals surface area contributed by atoms with E-state index in [1.807, 2.05) is 6.92 Å². The van der Waals surface area contributed by atoms with Gasteiger partial charge in [0.2, 0.25) is 0 Å². The van der Waals surface area contributed by atoms with Crippen LogP contribution in [0.4, 0.5) is 0 Å². The summed E-state index contributed by atoms with van der Waals surface area (Å²) in [6, 6.07) is 0. The summed E-state index contributed by atoms with van der Waals surface area (Å²) in [6.07, 6.45) is 6.31. The van der Waals surface area contributed by atoms with E-state index in [1.54, 1.807) is 0 Å². The number of hydrogen-bond acceptors (Lipinski definition) is 1. The van der Waals surface area contributed by atoms with E-state index in [4.69, 9.17) is 5.11 Å². The minimum absolute atomic E-state index is 0. The number of aliphatic carboxylic acids is 1. The Balaban J connectivity index is 0. The third kappa shape index (κ3) is 8.71. The summed E-state index contributed by atoms with van der Waals surface area (Å²) < 4.78 is 0. The first kappa shape index (κ1) is 15.8. The number of hydrogen-bond donors (Lipinski definition) is 1. The summed E-state index contributed by atoms with van der Waals surface area (Å²) in [5.74, 6) is -0.740. The number of carbonyl (C=O) groups is 1. The third-order valence-corrected chi connectivity index (χ3v) is 2.25. The van der Waals surface area contributed by atoms with Gasteiger partial charge in [0.25, 0.3) is 0 Å². The van der Waals surface area contributed by atoms with Gasteiger partial charge in [0.1, 0.15) is 0 Å². The van der Waals surface area contributed by atoms with Gasteiger partial charge in [-0.05, 0) is 12.8 Å². The Labute approximate surface area is 101 Å². The molecule has 0 bridgehead atoms. The van der Waals surface area contributed by atoms with Crippen molar-refractivity contribution in [3.63, 3.8) is 0 Å². The molecule has 1 atom stereocenters. The van der Waals surface area contributed by atoms with Gasteiger partial charge in [0, 0.05) is 27.3 Å². The second-order valence-electron chi connectivity index (χ2n) is 3.29. The van der Waals surface area contributed by atoms with Crippen LogP contribution in [0.2, 0.25) is 0 Å². The zero-order valence-electron chi connectivity index (χ0n) is 8.68. The fraction of sp³-hybridized carbons (Fsp3) is 0.900. The van der Waals surface area contributed by atoms with Crippen LogP contribution >= 0.6 is 0 Å². The van der Waals surface area contributed by atoms with Crippen molar-refractivity contribution in [3.05, 3.63) is 0 Å². The quantitative estimate of drug-likeness (QED) is 0.546. The van der Waals surface area contributed by atoms with Crippen molar-refractivity contribution in [2.75, 3.05) is 0 Å². The van der Waals surface area contributed by atoms with Crippen molar-refractivity contribution < 1.29 is 9.90 Å². The van der Waals surface area contributed by atoms with Crippen molar-refractivity contribution in [1.82, 2.24) is 0 Å². The summed E-state index contributed by atoms with van der Waals surface area (Å²) in [7, 11) is 0. The van der Waals surface area contributed by atoms with Gasteiger partial charge in [-0.15, -0.1) is 0 Å². The van der Waals surface area contributed by atoms with Gasteiger partial charge < -0.3 is 5.11 Å². The van der Waals surface area contributed by atoms with Crippen LogP contribution in [0.5, 0.6) is 0 Å². The average Bonchev–Trinajstić information content (AvgIpc) is 2.04. The van der Waals surface area contributed by atoms with Crippen LogP contribution in [0.15, 0.2) is 0 Å². The van der Waals surface area contributed by atoms with Crippen LogP contribution in [-0.4, -0.2) is 38.4 Å². The Morgan fingerprint density at radius 2 is 1.85 bits per heavy atom. The number of rotatable bonds is 7. The third-order valence-electron chi connectivity index (χ3n) is 2.25. The van der Waals surface area contributed by atoms with Gasteiger partial charge >= 0.3 is 5.97 Å². The molecular formula is C10H20O2Pb. The van der Waals surface area contributed by atoms with E-state index < -0.39 is 5.97 Å². The molecule has 3 heteroatoms. The first-order valence-corrected chi connectivity index (χ1v) is 4.95. The molecule has 0 saturated heterocycles. The first-order valence-electron chi connectivity index (χ1n) is 4.95. The van der Waals surface area contributed by atoms with E-state index in [0.717, 1.165) is 19.3 Å². The molecule has 0 aliphatic heterocycles. The molecule has 0 heterocycles. The SMILES string of the molecule is CCCCCCC(CC)C(=O)O.[Pb]. The second kappa shape index (κ2) is 10.5. The van der Waals surface area contributed by atoms with E-state index in [9.17, 15) is 4.79 Å². The summed E-state index contributed by atoms with van der Waals surface area (Å²) in [6.45, 7) is 4.10. The smallest absolute Gasteiger partial charge is 0.306 e. The van der Waals surface area contributed by atoms with Crippen molar-refractivity contribution >= 4 is 33.3 Å². The zero-order chi connectivity index (χ0) is 9.40. The first-order chi connectivity index (χ1) is 5.72. The van der Waals surface area contributed by atoms with Gasteiger partial charge in [-0.25, -0.2) is 0 Å². The van der Waals surface area contributed by atoms with Crippen LogP contribution in [0.1, 0.15) is 52.4 Å². The van der Waals surface area contributed by atoms with Crippen LogP contribution in [0.25, 0.3) is 0 Å². The molecule has 0 fully saturated rings. The standard InChI is InChI=1S/C10H20O2.Pb/c1-3-5-6-7-8-9(4-2)10(11)12;/h9H,3-8H2,1-2H3,(H,11,12);. The molecule has 0 amide bonds. The normalized spacial score (nSPS) is 11.8. The number of carboxylic acid groups (broad SMARTS) is 1. The molecule has 1 unspecified atom stereocenters. The van der Waals surface area contributed by atoms with Crippen molar-refractivity contribution in [2.45, 2.75) is 52.4 Å². The summed E-state index contributed by atoms with van der Waals surface area (Å²) in [5.41, 5.74) is 0. The van der Waals surface area contributed by atoms with E-state index in [0.29, 0.717) is 0 Å². The molecule has 0 spiro atoms. The Morgan fingerprint density at radius 1 is 1.23 bits per heavy atom. The minimum Gasteiger partial charge on any atom is -0.481 e. The van der Waals surface area contributed by atoms with Crippen LogP contribution in [-0.2, 0) is 4.79 Å². The molecular weight excluding hydrogens is 359 g/mol. The Morgan fingerprint density at radius 3 is 2.23 bits per heavy atom. The van der Waals surface area contributed by atoms with Crippen molar-refractivity contribution in [3.8, 4) is 0 Å². The average molecular weight is 379 g/mol. The molecule has 1 N–H and O–H groups in total. The number of carboxylic acids is 1. The maximum absolute atomic E-state index is 10.6. The second-order valence-corrected chi connectivity index (χ2v) is 3.29. The molecule has 0 aliphatic rings. The van der Waals surface area contributed by atoms with Gasteiger partial charge in [-0.2, -0.15) is 0 Å². The maximum atomic E-state index is 10.6. The van der Waals surface area contributed by atoms with Gasteiger partial charge in [0.15, 0.2) is 0 Å². The predicted molar refractivity (Wildman–Crippen MR) is 55.9 cm³/mol. The molecule has 0 aromatic heterocycles. The van der Waals surface area contributed by atoms with Crippen LogP contribution in [0.3, 0.4) is 0 Å². The Hall–Kier alpha value is 0.392. The van der Waals surface area contributed by atoms with Gasteiger partial charge in [0.05, 0.1) is 5.92 Å². The van der Waals surface area contributed by atoms with E-state index >= 15 is 0 Å². The van der Waals surface area contributed by atoms with Gasteiger partial charge in [-0.3, -0.25) is 4.79 Å². The maximum Gasteiger partial charge on any atom is 0.306 e. The minimum atomic E-state index is -0.631. The largest absolute Gasteiger partial charge is 0.481 e. The molecule has 2 nitrogen and oxygen atoms in total. The van der Waals surface area contributed by atoms with E-state index in [1.165, 1.54) is 19.3 Å². The van der Waals surface area contributed by atoms with Crippen LogP contribution in [0, 0.1) is 5.92 Å². The topological polar surface area (TPSA) is 37.3 Å². The van der Waals surface area contributed by atoms with Crippen molar-refractivity contribution in [2.24, 2.45) is 5.92 Å². The van der Waals surface area contributed by atoms with Gasteiger partial charge in [-0.1, -0.05) is 39.5 Å². The molecule has 76 valence electrons. The monoisotopic (exact) mass is 380 g/mol. The Bertz CT molecular complexity index is 126. The fourth-order valence-corrected chi connectivity index (χ4v) is 1.32. The molecule has 0 rings (SSSR count). The fourth-order valence-electron chi connectivity index (χ4n) is 1.32. The van der Waals surface area contributed by atoms with E-state index in [-0.39, 0.29) is 33.2 Å². The summed E-state index contributed by atoms with van der Waals surface area (Å²) >= 11 is 0. The molecule has 13 heavy (non-hydrogen) atoms. The number of unbranched alkanes of at least 4 members (excludes halogenated alkanes) is 3.